The maximum Gasteiger partial charge on any atom is 0.227 e. The van der Waals surface area contributed by atoms with Gasteiger partial charge in [0.1, 0.15) is 17.3 Å². The summed E-state index contributed by atoms with van der Waals surface area (Å²) in [6.45, 7) is 2.00. The van der Waals surface area contributed by atoms with E-state index in [-0.39, 0.29) is 11.8 Å². The number of aromatic nitrogens is 2. The van der Waals surface area contributed by atoms with Gasteiger partial charge in [-0.25, -0.2) is 4.98 Å². The third-order valence-electron chi connectivity index (χ3n) is 5.20. The summed E-state index contributed by atoms with van der Waals surface area (Å²) in [5, 5.41) is 0.689. The van der Waals surface area contributed by atoms with Gasteiger partial charge in [0.05, 0.1) is 18.7 Å². The molecule has 1 fully saturated rings. The Labute approximate surface area is 175 Å². The Morgan fingerprint density at radius 3 is 2.83 bits per heavy atom. The standard InChI is InChI=1S/C22H23ClN4O2/c1-26(15-19-8-9-20(29-19)16-4-6-18(23)7-5-16)22(28)17-3-2-12-27(14-17)21-13-24-10-11-25-21/h4-11,13,17H,2-3,12,14-15H2,1H3/t17-/m1/s1. The Bertz CT molecular complexity index is 958. The van der Waals surface area contributed by atoms with Crippen molar-refractivity contribution in [2.24, 2.45) is 5.92 Å². The van der Waals surface area contributed by atoms with Crippen LogP contribution >= 0.6 is 11.6 Å². The summed E-state index contributed by atoms with van der Waals surface area (Å²) in [5.41, 5.74) is 0.960. The Morgan fingerprint density at radius 2 is 2.07 bits per heavy atom. The lowest BCUT2D eigenvalue weighted by Crippen LogP contribution is -2.43. The van der Waals surface area contributed by atoms with E-state index >= 15 is 0 Å². The van der Waals surface area contributed by atoms with E-state index in [1.807, 2.05) is 43.4 Å². The average Bonchev–Trinajstić information content (AvgIpc) is 3.23. The maximum atomic E-state index is 13.0. The molecule has 2 aromatic heterocycles. The van der Waals surface area contributed by atoms with E-state index in [1.165, 1.54) is 0 Å². The second-order valence-corrected chi connectivity index (χ2v) is 7.75. The van der Waals surface area contributed by atoms with Crippen molar-refractivity contribution >= 4 is 23.3 Å². The second-order valence-electron chi connectivity index (χ2n) is 7.32. The van der Waals surface area contributed by atoms with Crippen LogP contribution in [-0.4, -0.2) is 40.9 Å². The molecule has 3 aromatic rings. The molecule has 3 heterocycles. The molecule has 0 bridgehead atoms. The number of furan rings is 1. The van der Waals surface area contributed by atoms with Crippen LogP contribution in [0.25, 0.3) is 11.3 Å². The van der Waals surface area contributed by atoms with Crippen LogP contribution in [0.4, 0.5) is 5.82 Å². The van der Waals surface area contributed by atoms with E-state index < -0.39 is 0 Å². The normalized spacial score (nSPS) is 16.6. The molecule has 6 nitrogen and oxygen atoms in total. The third-order valence-corrected chi connectivity index (χ3v) is 5.46. The molecule has 0 radical (unpaired) electrons. The van der Waals surface area contributed by atoms with Gasteiger partial charge in [0.25, 0.3) is 0 Å². The minimum absolute atomic E-state index is 0.0542. The first-order valence-electron chi connectivity index (χ1n) is 9.71. The van der Waals surface area contributed by atoms with Gasteiger partial charge in [-0.1, -0.05) is 11.6 Å². The number of piperidine rings is 1. The van der Waals surface area contributed by atoms with Crippen LogP contribution in [-0.2, 0) is 11.3 Å². The lowest BCUT2D eigenvalue weighted by atomic mass is 9.96. The summed E-state index contributed by atoms with van der Waals surface area (Å²) in [6.07, 6.45) is 6.93. The zero-order chi connectivity index (χ0) is 20.2. The van der Waals surface area contributed by atoms with Crippen molar-refractivity contribution < 1.29 is 9.21 Å². The van der Waals surface area contributed by atoms with Crippen LogP contribution in [0.5, 0.6) is 0 Å². The fraction of sp³-hybridized carbons (Fsp3) is 0.318. The van der Waals surface area contributed by atoms with Crippen molar-refractivity contribution in [3.8, 4) is 11.3 Å². The molecule has 4 rings (SSSR count). The van der Waals surface area contributed by atoms with Crippen molar-refractivity contribution in [1.82, 2.24) is 14.9 Å². The van der Waals surface area contributed by atoms with E-state index in [2.05, 4.69) is 14.9 Å². The lowest BCUT2D eigenvalue weighted by molar-refractivity contribution is -0.135. The number of rotatable bonds is 5. The summed E-state index contributed by atoms with van der Waals surface area (Å²) in [5.74, 6) is 2.42. The molecule has 1 atom stereocenters. The summed E-state index contributed by atoms with van der Waals surface area (Å²) >= 11 is 5.95. The molecular formula is C22H23ClN4O2. The SMILES string of the molecule is CN(Cc1ccc(-c2ccc(Cl)cc2)o1)C(=O)[C@@H]1CCCN(c2cnccn2)C1. The molecule has 1 amide bonds. The topological polar surface area (TPSA) is 62.5 Å². The number of anilines is 1. The minimum Gasteiger partial charge on any atom is -0.459 e. The van der Waals surface area contributed by atoms with E-state index in [0.717, 1.165) is 42.3 Å². The second kappa shape index (κ2) is 8.66. The molecule has 150 valence electrons. The number of halogens is 1. The Morgan fingerprint density at radius 1 is 1.24 bits per heavy atom. The molecular weight excluding hydrogens is 388 g/mol. The quantitative estimate of drug-likeness (QED) is 0.628. The number of carbonyl (C=O) groups excluding carboxylic acids is 1. The summed E-state index contributed by atoms with van der Waals surface area (Å²) in [7, 11) is 1.83. The molecule has 1 aliphatic heterocycles. The predicted molar refractivity (Wildman–Crippen MR) is 113 cm³/mol. The molecule has 0 unspecified atom stereocenters. The minimum atomic E-state index is -0.0542. The van der Waals surface area contributed by atoms with E-state index in [4.69, 9.17) is 16.0 Å². The summed E-state index contributed by atoms with van der Waals surface area (Å²) < 4.78 is 5.94. The van der Waals surface area contributed by atoms with Crippen molar-refractivity contribution in [1.29, 1.82) is 0 Å². The highest BCUT2D eigenvalue weighted by atomic mass is 35.5. The number of amides is 1. The van der Waals surface area contributed by atoms with Gasteiger partial charge in [-0.3, -0.25) is 9.78 Å². The summed E-state index contributed by atoms with van der Waals surface area (Å²) in [6, 6.07) is 11.3. The first-order chi connectivity index (χ1) is 14.1. The van der Waals surface area contributed by atoms with Crippen LogP contribution in [0.3, 0.4) is 0 Å². The fourth-order valence-corrected chi connectivity index (χ4v) is 3.82. The number of benzene rings is 1. The Hall–Kier alpha value is -2.86. The van der Waals surface area contributed by atoms with E-state index in [0.29, 0.717) is 18.1 Å². The number of hydrogen-bond acceptors (Lipinski definition) is 5. The molecule has 0 aliphatic carbocycles. The van der Waals surface area contributed by atoms with Crippen LogP contribution < -0.4 is 4.90 Å². The van der Waals surface area contributed by atoms with Gasteiger partial charge in [0, 0.05) is 43.1 Å². The van der Waals surface area contributed by atoms with Crippen LogP contribution in [0, 0.1) is 5.92 Å². The van der Waals surface area contributed by atoms with Crippen molar-refractivity contribution in [3.05, 3.63) is 65.8 Å². The molecule has 0 N–H and O–H groups in total. The Kier molecular flexibility index (Phi) is 5.81. The molecule has 29 heavy (non-hydrogen) atoms. The largest absolute Gasteiger partial charge is 0.459 e. The van der Waals surface area contributed by atoms with Crippen molar-refractivity contribution in [2.75, 3.05) is 25.0 Å². The first-order valence-corrected chi connectivity index (χ1v) is 10.1. The van der Waals surface area contributed by atoms with Gasteiger partial charge >= 0.3 is 0 Å². The monoisotopic (exact) mass is 410 g/mol. The zero-order valence-corrected chi connectivity index (χ0v) is 17.0. The van der Waals surface area contributed by atoms with Crippen LogP contribution in [0.1, 0.15) is 18.6 Å². The molecule has 1 aromatic carbocycles. The molecule has 1 saturated heterocycles. The van der Waals surface area contributed by atoms with Crippen LogP contribution in [0.2, 0.25) is 5.02 Å². The van der Waals surface area contributed by atoms with Gasteiger partial charge in [-0.05, 0) is 49.2 Å². The fourth-order valence-electron chi connectivity index (χ4n) is 3.70. The van der Waals surface area contributed by atoms with Gasteiger partial charge in [-0.2, -0.15) is 0 Å². The average molecular weight is 411 g/mol. The maximum absolute atomic E-state index is 13.0. The van der Waals surface area contributed by atoms with Crippen molar-refractivity contribution in [3.63, 3.8) is 0 Å². The highest BCUT2D eigenvalue weighted by Gasteiger charge is 2.29. The van der Waals surface area contributed by atoms with E-state index in [1.54, 1.807) is 23.5 Å². The molecule has 0 spiro atoms. The molecule has 7 heteroatoms. The highest BCUT2D eigenvalue weighted by Crippen LogP contribution is 2.26. The number of hydrogen-bond donors (Lipinski definition) is 0. The molecule has 0 saturated carbocycles. The van der Waals surface area contributed by atoms with Gasteiger partial charge < -0.3 is 14.2 Å². The predicted octanol–water partition coefficient (Wildman–Crippen LogP) is 4.27. The lowest BCUT2D eigenvalue weighted by Gasteiger charge is -2.34. The smallest absolute Gasteiger partial charge is 0.227 e. The van der Waals surface area contributed by atoms with E-state index in [9.17, 15) is 4.79 Å². The number of nitrogens with zero attached hydrogens (tertiary/aromatic N) is 4. The summed E-state index contributed by atoms with van der Waals surface area (Å²) in [4.78, 5) is 25.4. The first kappa shape index (κ1) is 19.5. The Balaban J connectivity index is 1.39. The van der Waals surface area contributed by atoms with Gasteiger partial charge in [0.2, 0.25) is 5.91 Å². The van der Waals surface area contributed by atoms with Gasteiger partial charge in [-0.15, -0.1) is 0 Å². The third kappa shape index (κ3) is 4.59. The van der Waals surface area contributed by atoms with Gasteiger partial charge in [0.15, 0.2) is 0 Å². The van der Waals surface area contributed by atoms with Crippen molar-refractivity contribution in [2.45, 2.75) is 19.4 Å². The zero-order valence-electron chi connectivity index (χ0n) is 16.3. The number of carbonyl (C=O) groups is 1. The van der Waals surface area contributed by atoms with Crippen LogP contribution in [0.15, 0.2) is 59.4 Å². The highest BCUT2D eigenvalue weighted by molar-refractivity contribution is 6.30. The molecule has 1 aliphatic rings.